The number of Topliss-reactive ketones (excluding diaryl/α,β-unsaturated/α-hetero) is 1. The zero-order chi connectivity index (χ0) is 24.0. The SMILES string of the molecule is CCC(=O)CN(C(=O)c1ccc(NC(C)=O)nc1)C1CCC(CN)(c2cccc(Cl)c2)CC1. The molecule has 1 aliphatic carbocycles. The molecule has 0 spiro atoms. The number of rotatable bonds is 8. The van der Waals surface area contributed by atoms with E-state index in [1.807, 2.05) is 18.2 Å². The van der Waals surface area contributed by atoms with Crippen molar-refractivity contribution in [2.75, 3.05) is 18.4 Å². The Morgan fingerprint density at radius 1 is 1.21 bits per heavy atom. The molecule has 1 aromatic heterocycles. The van der Waals surface area contributed by atoms with Gasteiger partial charge in [0.1, 0.15) is 5.82 Å². The van der Waals surface area contributed by atoms with Crippen LogP contribution in [0.25, 0.3) is 0 Å². The molecule has 0 bridgehead atoms. The summed E-state index contributed by atoms with van der Waals surface area (Å²) >= 11 is 6.22. The number of aromatic nitrogens is 1. The summed E-state index contributed by atoms with van der Waals surface area (Å²) < 4.78 is 0. The third kappa shape index (κ3) is 5.97. The van der Waals surface area contributed by atoms with E-state index in [9.17, 15) is 14.4 Å². The van der Waals surface area contributed by atoms with Gasteiger partial charge in [-0.2, -0.15) is 0 Å². The van der Waals surface area contributed by atoms with E-state index in [1.165, 1.54) is 13.1 Å². The first-order valence-electron chi connectivity index (χ1n) is 11.3. The second-order valence-electron chi connectivity index (χ2n) is 8.66. The van der Waals surface area contributed by atoms with E-state index in [0.29, 0.717) is 29.4 Å². The Hall–Kier alpha value is -2.77. The van der Waals surface area contributed by atoms with Crippen LogP contribution in [0.2, 0.25) is 5.02 Å². The molecule has 0 saturated heterocycles. The lowest BCUT2D eigenvalue weighted by Gasteiger charge is -2.43. The average Bonchev–Trinajstić information content (AvgIpc) is 2.82. The van der Waals surface area contributed by atoms with Gasteiger partial charge in [0, 0.05) is 42.6 Å². The first kappa shape index (κ1) is 24.9. The van der Waals surface area contributed by atoms with E-state index < -0.39 is 0 Å². The standard InChI is InChI=1S/C25H31ClN4O3/c1-3-22(32)15-30(24(33)18-7-8-23(28-14-18)29-17(2)31)21-9-11-25(16-27,12-10-21)19-5-4-6-20(26)13-19/h4-8,13-14,21H,3,9-12,15-16,27H2,1-2H3,(H,28,29,31). The number of hydrogen-bond donors (Lipinski definition) is 2. The molecule has 0 unspecified atom stereocenters. The minimum Gasteiger partial charge on any atom is -0.330 e. The number of pyridine rings is 1. The lowest BCUT2D eigenvalue weighted by atomic mass is 9.68. The molecule has 1 heterocycles. The van der Waals surface area contributed by atoms with Gasteiger partial charge in [0.25, 0.3) is 5.91 Å². The van der Waals surface area contributed by atoms with Crippen molar-refractivity contribution < 1.29 is 14.4 Å². The van der Waals surface area contributed by atoms with E-state index in [4.69, 9.17) is 17.3 Å². The number of anilines is 1. The number of benzene rings is 1. The van der Waals surface area contributed by atoms with Gasteiger partial charge in [-0.3, -0.25) is 14.4 Å². The second-order valence-corrected chi connectivity index (χ2v) is 9.10. The van der Waals surface area contributed by atoms with Gasteiger partial charge in [-0.25, -0.2) is 4.98 Å². The van der Waals surface area contributed by atoms with Gasteiger partial charge in [0.2, 0.25) is 5.91 Å². The number of amides is 2. The van der Waals surface area contributed by atoms with Gasteiger partial charge >= 0.3 is 0 Å². The first-order valence-corrected chi connectivity index (χ1v) is 11.7. The van der Waals surface area contributed by atoms with Crippen molar-refractivity contribution in [3.05, 3.63) is 58.7 Å². The smallest absolute Gasteiger partial charge is 0.256 e. The predicted molar refractivity (Wildman–Crippen MR) is 129 cm³/mol. The number of nitrogens with zero attached hydrogens (tertiary/aromatic N) is 2. The van der Waals surface area contributed by atoms with Crippen molar-refractivity contribution in [3.63, 3.8) is 0 Å². The zero-order valence-corrected chi connectivity index (χ0v) is 19.9. The number of halogens is 1. The molecule has 1 saturated carbocycles. The zero-order valence-electron chi connectivity index (χ0n) is 19.1. The highest BCUT2D eigenvalue weighted by atomic mass is 35.5. The molecule has 0 aliphatic heterocycles. The molecule has 3 N–H and O–H groups in total. The summed E-state index contributed by atoms with van der Waals surface area (Å²) in [5.41, 5.74) is 7.55. The fraction of sp³-hybridized carbons (Fsp3) is 0.440. The maximum atomic E-state index is 13.4. The summed E-state index contributed by atoms with van der Waals surface area (Å²) in [5.74, 6) is -0.0763. The monoisotopic (exact) mass is 470 g/mol. The van der Waals surface area contributed by atoms with Crippen LogP contribution in [0.3, 0.4) is 0 Å². The molecular formula is C25H31ClN4O3. The van der Waals surface area contributed by atoms with E-state index >= 15 is 0 Å². The topological polar surface area (TPSA) is 105 Å². The van der Waals surface area contributed by atoms with Gasteiger partial charge in [-0.1, -0.05) is 30.7 Å². The Morgan fingerprint density at radius 3 is 2.48 bits per heavy atom. The molecule has 0 radical (unpaired) electrons. The van der Waals surface area contributed by atoms with Gasteiger partial charge in [-0.15, -0.1) is 0 Å². The van der Waals surface area contributed by atoms with Gasteiger partial charge in [0.05, 0.1) is 12.1 Å². The van der Waals surface area contributed by atoms with Gasteiger partial charge < -0.3 is 16.0 Å². The third-order valence-electron chi connectivity index (χ3n) is 6.50. The third-order valence-corrected chi connectivity index (χ3v) is 6.73. The van der Waals surface area contributed by atoms with Crippen LogP contribution >= 0.6 is 11.6 Å². The van der Waals surface area contributed by atoms with Crippen molar-refractivity contribution in [1.29, 1.82) is 0 Å². The van der Waals surface area contributed by atoms with Crippen LogP contribution in [-0.2, 0) is 15.0 Å². The van der Waals surface area contributed by atoms with Crippen LogP contribution in [0.5, 0.6) is 0 Å². The molecule has 1 fully saturated rings. The number of nitrogens with one attached hydrogen (secondary N) is 1. The summed E-state index contributed by atoms with van der Waals surface area (Å²) in [6.07, 6.45) is 4.89. The van der Waals surface area contributed by atoms with Crippen molar-refractivity contribution in [1.82, 2.24) is 9.88 Å². The van der Waals surface area contributed by atoms with E-state index in [0.717, 1.165) is 31.2 Å². The first-order chi connectivity index (χ1) is 15.8. The molecule has 33 heavy (non-hydrogen) atoms. The van der Waals surface area contributed by atoms with Crippen molar-refractivity contribution in [3.8, 4) is 0 Å². The van der Waals surface area contributed by atoms with Crippen LogP contribution < -0.4 is 11.1 Å². The van der Waals surface area contributed by atoms with Crippen LogP contribution in [-0.4, -0.2) is 46.6 Å². The van der Waals surface area contributed by atoms with E-state index in [1.54, 1.807) is 24.0 Å². The largest absolute Gasteiger partial charge is 0.330 e. The highest BCUT2D eigenvalue weighted by Gasteiger charge is 2.39. The number of ketones is 1. The van der Waals surface area contributed by atoms with Crippen molar-refractivity contribution in [2.24, 2.45) is 5.73 Å². The van der Waals surface area contributed by atoms with Crippen molar-refractivity contribution in [2.45, 2.75) is 57.4 Å². The average molecular weight is 471 g/mol. The van der Waals surface area contributed by atoms with Crippen molar-refractivity contribution >= 4 is 35.0 Å². The summed E-state index contributed by atoms with van der Waals surface area (Å²) in [4.78, 5) is 42.8. The normalized spacial score (nSPS) is 20.2. The lowest BCUT2D eigenvalue weighted by Crippen LogP contribution is -2.49. The minimum atomic E-state index is -0.234. The summed E-state index contributed by atoms with van der Waals surface area (Å²) in [6.45, 7) is 3.76. The molecule has 1 aliphatic rings. The molecule has 8 heteroatoms. The Kier molecular flexibility index (Phi) is 8.21. The summed E-state index contributed by atoms with van der Waals surface area (Å²) in [7, 11) is 0. The maximum Gasteiger partial charge on any atom is 0.256 e. The Bertz CT molecular complexity index is 1000. The molecule has 0 atom stereocenters. The molecule has 2 amide bonds. The van der Waals surface area contributed by atoms with E-state index in [2.05, 4.69) is 16.4 Å². The highest BCUT2D eigenvalue weighted by Crippen LogP contribution is 2.41. The molecule has 3 rings (SSSR count). The van der Waals surface area contributed by atoms with Crippen LogP contribution in [0.1, 0.15) is 61.9 Å². The molecule has 7 nitrogen and oxygen atoms in total. The van der Waals surface area contributed by atoms with Gasteiger partial charge in [-0.05, 0) is 55.5 Å². The summed E-state index contributed by atoms with van der Waals surface area (Å²) in [6, 6.07) is 11.0. The van der Waals surface area contributed by atoms with Crippen LogP contribution in [0.4, 0.5) is 5.82 Å². The van der Waals surface area contributed by atoms with E-state index in [-0.39, 0.29) is 35.6 Å². The Morgan fingerprint density at radius 2 is 1.94 bits per heavy atom. The molecular weight excluding hydrogens is 440 g/mol. The van der Waals surface area contributed by atoms with Crippen LogP contribution in [0.15, 0.2) is 42.6 Å². The summed E-state index contributed by atoms with van der Waals surface area (Å²) in [5, 5.41) is 3.27. The number of nitrogens with two attached hydrogens (primary N) is 1. The molecule has 176 valence electrons. The lowest BCUT2D eigenvalue weighted by molar-refractivity contribution is -0.120. The quantitative estimate of drug-likeness (QED) is 0.607. The second kappa shape index (κ2) is 10.9. The number of carbonyl (C=O) groups excluding carboxylic acids is 3. The molecule has 2 aromatic rings. The molecule has 1 aromatic carbocycles. The fourth-order valence-electron chi connectivity index (χ4n) is 4.50. The minimum absolute atomic E-state index is 0.0108. The number of hydrogen-bond acceptors (Lipinski definition) is 5. The Balaban J connectivity index is 1.79. The maximum absolute atomic E-state index is 13.4. The van der Waals surface area contributed by atoms with Crippen LogP contribution in [0, 0.1) is 0 Å². The predicted octanol–water partition coefficient (Wildman–Crippen LogP) is 3.95. The van der Waals surface area contributed by atoms with Gasteiger partial charge in [0.15, 0.2) is 5.78 Å². The number of carbonyl (C=O) groups is 3. The fourth-order valence-corrected chi connectivity index (χ4v) is 4.70. The Labute approximate surface area is 199 Å². The highest BCUT2D eigenvalue weighted by molar-refractivity contribution is 6.30.